The molecule has 1 saturated carbocycles. The van der Waals surface area contributed by atoms with E-state index in [1.54, 1.807) is 0 Å². The molecule has 0 bridgehead atoms. The van der Waals surface area contributed by atoms with Crippen LogP contribution >= 0.6 is 0 Å². The molecular formula is C19H30N2. The fourth-order valence-corrected chi connectivity index (χ4v) is 3.85. The Hall–Kier alpha value is -0.860. The van der Waals surface area contributed by atoms with Gasteiger partial charge in [0.05, 0.1) is 0 Å². The second-order valence-electron chi connectivity index (χ2n) is 8.07. The van der Waals surface area contributed by atoms with E-state index >= 15 is 0 Å². The van der Waals surface area contributed by atoms with Gasteiger partial charge in [0.2, 0.25) is 0 Å². The minimum absolute atomic E-state index is 0.187. The van der Waals surface area contributed by atoms with Crippen LogP contribution in [0.25, 0.3) is 0 Å². The van der Waals surface area contributed by atoms with Gasteiger partial charge in [-0.1, -0.05) is 30.7 Å². The Kier molecular flexibility index (Phi) is 4.37. The lowest BCUT2D eigenvalue weighted by molar-refractivity contribution is 0.303. The lowest BCUT2D eigenvalue weighted by Gasteiger charge is -2.21. The molecule has 2 fully saturated rings. The van der Waals surface area contributed by atoms with Gasteiger partial charge in [-0.15, -0.1) is 0 Å². The average molecular weight is 286 g/mol. The van der Waals surface area contributed by atoms with Gasteiger partial charge in [-0.3, -0.25) is 4.90 Å². The zero-order valence-corrected chi connectivity index (χ0v) is 13.9. The lowest BCUT2D eigenvalue weighted by Crippen LogP contribution is -2.35. The Balaban J connectivity index is 1.50. The molecule has 1 aromatic carbocycles. The molecule has 1 N–H and O–H groups in total. The highest BCUT2D eigenvalue weighted by atomic mass is 15.2. The van der Waals surface area contributed by atoms with E-state index in [2.05, 4.69) is 55.3 Å². The molecule has 2 aliphatic rings. The van der Waals surface area contributed by atoms with Gasteiger partial charge in [-0.05, 0) is 56.6 Å². The van der Waals surface area contributed by atoms with E-state index in [1.807, 2.05) is 0 Å². The fraction of sp³-hybridized carbons (Fsp3) is 0.684. The smallest absolute Gasteiger partial charge is 0.0233 e. The van der Waals surface area contributed by atoms with Gasteiger partial charge in [0.25, 0.3) is 0 Å². The van der Waals surface area contributed by atoms with Crippen molar-refractivity contribution in [2.75, 3.05) is 13.1 Å². The highest BCUT2D eigenvalue weighted by Gasteiger charge is 2.35. The molecule has 0 aromatic heterocycles. The number of fused-ring (bicyclic) bond motifs is 1. The monoisotopic (exact) mass is 286 g/mol. The van der Waals surface area contributed by atoms with Crippen molar-refractivity contribution in [1.82, 2.24) is 10.2 Å². The number of nitrogens with zero attached hydrogens (tertiary/aromatic N) is 1. The first-order chi connectivity index (χ1) is 9.99. The maximum absolute atomic E-state index is 3.55. The summed E-state index contributed by atoms with van der Waals surface area (Å²) in [5.74, 6) is 2.00. The quantitative estimate of drug-likeness (QED) is 0.905. The summed E-state index contributed by atoms with van der Waals surface area (Å²) < 4.78 is 0. The van der Waals surface area contributed by atoms with Gasteiger partial charge < -0.3 is 5.32 Å². The SMILES string of the molecule is CC(C)(C)NCc1ccc(CN2CC3CCCC3C2)cc1. The molecule has 0 spiro atoms. The van der Waals surface area contributed by atoms with Crippen LogP contribution in [0.4, 0.5) is 0 Å². The first-order valence-electron chi connectivity index (χ1n) is 8.55. The topological polar surface area (TPSA) is 15.3 Å². The molecule has 2 nitrogen and oxygen atoms in total. The molecule has 1 aliphatic carbocycles. The Morgan fingerprint density at radius 2 is 1.57 bits per heavy atom. The number of nitrogens with one attached hydrogen (secondary N) is 1. The third kappa shape index (κ3) is 4.08. The Morgan fingerprint density at radius 1 is 1.00 bits per heavy atom. The third-order valence-corrected chi connectivity index (χ3v) is 5.05. The van der Waals surface area contributed by atoms with Crippen LogP contribution in [0.5, 0.6) is 0 Å². The molecule has 21 heavy (non-hydrogen) atoms. The molecule has 2 unspecified atom stereocenters. The number of hydrogen-bond donors (Lipinski definition) is 1. The predicted molar refractivity (Wildman–Crippen MR) is 89.1 cm³/mol. The van der Waals surface area contributed by atoms with E-state index < -0.39 is 0 Å². The summed E-state index contributed by atoms with van der Waals surface area (Å²) in [6.45, 7) is 11.4. The minimum atomic E-state index is 0.187. The van der Waals surface area contributed by atoms with Gasteiger partial charge in [0.1, 0.15) is 0 Å². The van der Waals surface area contributed by atoms with Crippen molar-refractivity contribution in [1.29, 1.82) is 0 Å². The normalized spacial score (nSPS) is 26.2. The molecule has 116 valence electrons. The standard InChI is InChI=1S/C19H30N2/c1-19(2,3)20-11-15-7-9-16(10-8-15)12-21-13-17-5-4-6-18(17)14-21/h7-10,17-18,20H,4-6,11-14H2,1-3H3. The molecule has 1 saturated heterocycles. The maximum atomic E-state index is 3.55. The molecule has 1 aliphatic heterocycles. The van der Waals surface area contributed by atoms with Crippen LogP contribution in [0.1, 0.15) is 51.2 Å². The highest BCUT2D eigenvalue weighted by molar-refractivity contribution is 5.22. The van der Waals surface area contributed by atoms with E-state index in [9.17, 15) is 0 Å². The zero-order chi connectivity index (χ0) is 14.9. The summed E-state index contributed by atoms with van der Waals surface area (Å²) in [5, 5.41) is 3.55. The molecule has 2 heteroatoms. The van der Waals surface area contributed by atoms with Crippen LogP contribution < -0.4 is 5.32 Å². The second kappa shape index (κ2) is 6.10. The summed E-state index contributed by atoms with van der Waals surface area (Å²) >= 11 is 0. The average Bonchev–Trinajstić information content (AvgIpc) is 2.98. The van der Waals surface area contributed by atoms with E-state index in [1.165, 1.54) is 43.5 Å². The lowest BCUT2D eigenvalue weighted by atomic mass is 10.0. The summed E-state index contributed by atoms with van der Waals surface area (Å²) in [5.41, 5.74) is 3.04. The van der Waals surface area contributed by atoms with Crippen molar-refractivity contribution in [2.24, 2.45) is 11.8 Å². The van der Waals surface area contributed by atoms with Gasteiger partial charge in [-0.2, -0.15) is 0 Å². The third-order valence-electron chi connectivity index (χ3n) is 5.05. The van der Waals surface area contributed by atoms with E-state index in [-0.39, 0.29) is 5.54 Å². The second-order valence-corrected chi connectivity index (χ2v) is 8.07. The van der Waals surface area contributed by atoms with Gasteiger partial charge in [-0.25, -0.2) is 0 Å². The predicted octanol–water partition coefficient (Wildman–Crippen LogP) is 3.81. The molecular weight excluding hydrogens is 256 g/mol. The van der Waals surface area contributed by atoms with Crippen LogP contribution in [0.3, 0.4) is 0 Å². The van der Waals surface area contributed by atoms with E-state index in [0.29, 0.717) is 0 Å². The minimum Gasteiger partial charge on any atom is -0.308 e. The van der Waals surface area contributed by atoms with Crippen molar-refractivity contribution in [3.05, 3.63) is 35.4 Å². The summed E-state index contributed by atoms with van der Waals surface area (Å²) in [6.07, 6.45) is 4.41. The van der Waals surface area contributed by atoms with Gasteiger partial charge in [0, 0.05) is 31.7 Å². The summed E-state index contributed by atoms with van der Waals surface area (Å²) in [4.78, 5) is 2.66. The largest absolute Gasteiger partial charge is 0.308 e. The van der Waals surface area contributed by atoms with Crippen molar-refractivity contribution in [2.45, 2.75) is 58.7 Å². The van der Waals surface area contributed by atoms with Crippen LogP contribution in [0.15, 0.2) is 24.3 Å². The first kappa shape index (κ1) is 15.1. The Bertz CT molecular complexity index is 445. The van der Waals surface area contributed by atoms with E-state index in [4.69, 9.17) is 0 Å². The van der Waals surface area contributed by atoms with Crippen molar-refractivity contribution >= 4 is 0 Å². The first-order valence-corrected chi connectivity index (χ1v) is 8.55. The van der Waals surface area contributed by atoms with Crippen LogP contribution in [0.2, 0.25) is 0 Å². The molecule has 2 atom stereocenters. The van der Waals surface area contributed by atoms with Crippen molar-refractivity contribution in [3.8, 4) is 0 Å². The summed E-state index contributed by atoms with van der Waals surface area (Å²) in [7, 11) is 0. The maximum Gasteiger partial charge on any atom is 0.0233 e. The zero-order valence-electron chi connectivity index (χ0n) is 13.9. The number of benzene rings is 1. The molecule has 3 rings (SSSR count). The Labute approximate surface area is 129 Å². The fourth-order valence-electron chi connectivity index (χ4n) is 3.85. The van der Waals surface area contributed by atoms with Gasteiger partial charge >= 0.3 is 0 Å². The molecule has 0 amide bonds. The van der Waals surface area contributed by atoms with Crippen LogP contribution in [-0.4, -0.2) is 23.5 Å². The van der Waals surface area contributed by atoms with Crippen molar-refractivity contribution < 1.29 is 0 Å². The van der Waals surface area contributed by atoms with E-state index in [0.717, 1.165) is 24.9 Å². The number of hydrogen-bond acceptors (Lipinski definition) is 2. The van der Waals surface area contributed by atoms with Crippen molar-refractivity contribution in [3.63, 3.8) is 0 Å². The highest BCUT2D eigenvalue weighted by Crippen LogP contribution is 2.38. The van der Waals surface area contributed by atoms with Crippen LogP contribution in [0, 0.1) is 11.8 Å². The Morgan fingerprint density at radius 3 is 2.14 bits per heavy atom. The number of likely N-dealkylation sites (tertiary alicyclic amines) is 1. The molecule has 1 heterocycles. The molecule has 0 radical (unpaired) electrons. The van der Waals surface area contributed by atoms with Crippen LogP contribution in [-0.2, 0) is 13.1 Å². The summed E-state index contributed by atoms with van der Waals surface area (Å²) in [6, 6.07) is 9.19. The molecule has 1 aromatic rings. The number of rotatable bonds is 4. The van der Waals surface area contributed by atoms with Gasteiger partial charge in [0.15, 0.2) is 0 Å².